The van der Waals surface area contributed by atoms with Gasteiger partial charge in [-0.2, -0.15) is 13.1 Å². The second-order valence-corrected chi connectivity index (χ2v) is 6.46. The van der Waals surface area contributed by atoms with Gasteiger partial charge >= 0.3 is 16.2 Å². The molecule has 1 fully saturated rings. The topological polar surface area (TPSA) is 75.7 Å². The first-order valence-corrected chi connectivity index (χ1v) is 7.79. The third-order valence-corrected chi connectivity index (χ3v) is 5.00. The summed E-state index contributed by atoms with van der Waals surface area (Å²) in [6, 6.07) is 4.73. The van der Waals surface area contributed by atoms with Gasteiger partial charge in [-0.05, 0) is 44.0 Å². The number of hydrogen-bond donors (Lipinski definition) is 1. The maximum atomic E-state index is 12.1. The number of ether oxygens (including phenoxy) is 1. The van der Waals surface area contributed by atoms with E-state index in [1.165, 1.54) is 11.4 Å². The zero-order chi connectivity index (χ0) is 14.9. The van der Waals surface area contributed by atoms with Crippen LogP contribution in [0, 0.1) is 6.92 Å². The van der Waals surface area contributed by atoms with Crippen molar-refractivity contribution in [2.45, 2.75) is 26.3 Å². The predicted molar refractivity (Wildman–Crippen MR) is 76.0 cm³/mol. The van der Waals surface area contributed by atoms with E-state index in [0.29, 0.717) is 23.4 Å². The maximum Gasteiger partial charge on any atom is 0.337 e. The Bertz CT molecular complexity index is 627. The van der Waals surface area contributed by atoms with Crippen LogP contribution in [-0.2, 0) is 14.9 Å². The number of methoxy groups -OCH3 is 1. The first kappa shape index (κ1) is 14.8. The summed E-state index contributed by atoms with van der Waals surface area (Å²) >= 11 is 0. The van der Waals surface area contributed by atoms with Crippen LogP contribution in [0.5, 0.6) is 0 Å². The Morgan fingerprint density at radius 2 is 2.15 bits per heavy atom. The van der Waals surface area contributed by atoms with Crippen LogP contribution in [0.2, 0.25) is 0 Å². The third-order valence-electron chi connectivity index (χ3n) is 3.36. The Labute approximate surface area is 118 Å². The number of hydrogen-bond acceptors (Lipinski definition) is 4. The summed E-state index contributed by atoms with van der Waals surface area (Å²) in [6.07, 6.45) is 0.734. The number of esters is 1. The van der Waals surface area contributed by atoms with E-state index in [1.54, 1.807) is 25.1 Å². The number of anilines is 1. The highest BCUT2D eigenvalue weighted by molar-refractivity contribution is 7.91. The molecular formula is C13H18N2O4S. The molecule has 0 saturated carbocycles. The summed E-state index contributed by atoms with van der Waals surface area (Å²) in [4.78, 5) is 11.5. The number of nitrogens with one attached hydrogen (secondary N) is 1. The highest BCUT2D eigenvalue weighted by atomic mass is 32.2. The fourth-order valence-corrected chi connectivity index (χ4v) is 3.89. The monoisotopic (exact) mass is 298 g/mol. The van der Waals surface area contributed by atoms with E-state index in [2.05, 4.69) is 9.46 Å². The Balaban J connectivity index is 2.44. The van der Waals surface area contributed by atoms with Gasteiger partial charge in [-0.15, -0.1) is 0 Å². The van der Waals surface area contributed by atoms with Crippen molar-refractivity contribution in [3.63, 3.8) is 0 Å². The van der Waals surface area contributed by atoms with Crippen LogP contribution in [0.15, 0.2) is 18.2 Å². The molecule has 0 aliphatic carbocycles. The summed E-state index contributed by atoms with van der Waals surface area (Å²) < 4.78 is 32.8. The molecule has 0 spiro atoms. The molecule has 0 aromatic heterocycles. The molecule has 7 heteroatoms. The Morgan fingerprint density at radius 1 is 1.45 bits per heavy atom. The van der Waals surface area contributed by atoms with E-state index < -0.39 is 16.2 Å². The van der Waals surface area contributed by atoms with Gasteiger partial charge in [0.05, 0.1) is 18.4 Å². The fraction of sp³-hybridized carbons (Fsp3) is 0.462. The lowest BCUT2D eigenvalue weighted by Crippen LogP contribution is -2.52. The summed E-state index contributed by atoms with van der Waals surface area (Å²) in [5.41, 5.74) is 1.70. The Morgan fingerprint density at radius 3 is 2.70 bits per heavy atom. The van der Waals surface area contributed by atoms with Crippen molar-refractivity contribution in [2.24, 2.45) is 0 Å². The van der Waals surface area contributed by atoms with Crippen molar-refractivity contribution in [3.8, 4) is 0 Å². The molecule has 1 aromatic rings. The molecule has 6 nitrogen and oxygen atoms in total. The van der Waals surface area contributed by atoms with E-state index in [0.717, 1.165) is 6.42 Å². The van der Waals surface area contributed by atoms with E-state index in [4.69, 9.17) is 0 Å². The Kier molecular flexibility index (Phi) is 4.01. The van der Waals surface area contributed by atoms with Crippen LogP contribution in [0.3, 0.4) is 0 Å². The molecule has 0 amide bonds. The molecule has 1 aliphatic rings. The van der Waals surface area contributed by atoms with Gasteiger partial charge in [0.2, 0.25) is 0 Å². The van der Waals surface area contributed by atoms with Crippen LogP contribution in [0.4, 0.5) is 5.69 Å². The van der Waals surface area contributed by atoms with Gasteiger partial charge in [-0.25, -0.2) is 4.79 Å². The summed E-state index contributed by atoms with van der Waals surface area (Å²) in [6.45, 7) is 4.09. The predicted octanol–water partition coefficient (Wildman–Crippen LogP) is 1.21. The lowest BCUT2D eigenvalue weighted by atomic mass is 10.1. The first-order valence-electron chi connectivity index (χ1n) is 6.35. The third kappa shape index (κ3) is 2.64. The second kappa shape index (κ2) is 5.41. The van der Waals surface area contributed by atoms with Gasteiger partial charge < -0.3 is 4.74 Å². The molecule has 1 saturated heterocycles. The largest absolute Gasteiger partial charge is 0.465 e. The molecule has 1 aromatic carbocycles. The van der Waals surface area contributed by atoms with E-state index in [1.807, 2.05) is 6.92 Å². The van der Waals surface area contributed by atoms with Crippen molar-refractivity contribution in [1.82, 2.24) is 4.72 Å². The molecule has 1 heterocycles. The maximum absolute atomic E-state index is 12.1. The van der Waals surface area contributed by atoms with Gasteiger partial charge in [-0.3, -0.25) is 4.31 Å². The molecule has 110 valence electrons. The van der Waals surface area contributed by atoms with Crippen LogP contribution < -0.4 is 9.03 Å². The quantitative estimate of drug-likeness (QED) is 0.833. The van der Waals surface area contributed by atoms with Gasteiger partial charge in [-0.1, -0.05) is 0 Å². The lowest BCUT2D eigenvalue weighted by Gasteiger charge is -2.35. The van der Waals surface area contributed by atoms with Crippen molar-refractivity contribution in [2.75, 3.05) is 18.0 Å². The summed E-state index contributed by atoms with van der Waals surface area (Å²) in [5.74, 6) is -0.438. The minimum absolute atomic E-state index is 0.121. The standard InChI is InChI=1S/C13H18N2O4S/c1-9-8-11(13(16)19-3)4-5-12(9)15-10(2)6-7-14-20(15,17)18/h4-5,8,10,14H,6-7H2,1-3H3. The lowest BCUT2D eigenvalue weighted by molar-refractivity contribution is 0.0600. The van der Waals surface area contributed by atoms with Crippen molar-refractivity contribution >= 4 is 21.9 Å². The summed E-state index contributed by atoms with van der Waals surface area (Å²) in [7, 11) is -2.21. The second-order valence-electron chi connectivity index (χ2n) is 4.83. The van der Waals surface area contributed by atoms with E-state index in [-0.39, 0.29) is 6.04 Å². The SMILES string of the molecule is COC(=O)c1ccc(N2C(C)CCNS2(=O)=O)c(C)c1. The Hall–Kier alpha value is -1.60. The molecule has 2 rings (SSSR count). The highest BCUT2D eigenvalue weighted by Gasteiger charge is 2.32. The van der Waals surface area contributed by atoms with Crippen LogP contribution in [-0.4, -0.2) is 34.1 Å². The van der Waals surface area contributed by atoms with Crippen LogP contribution in [0.25, 0.3) is 0 Å². The fourth-order valence-electron chi connectivity index (χ4n) is 2.33. The van der Waals surface area contributed by atoms with Gasteiger partial charge in [0.25, 0.3) is 0 Å². The molecule has 0 bridgehead atoms. The molecule has 1 aliphatic heterocycles. The zero-order valence-electron chi connectivity index (χ0n) is 11.7. The number of carbonyl (C=O) groups excluding carboxylic acids is 1. The number of nitrogens with zero attached hydrogens (tertiary/aromatic N) is 1. The minimum Gasteiger partial charge on any atom is -0.465 e. The zero-order valence-corrected chi connectivity index (χ0v) is 12.5. The molecule has 20 heavy (non-hydrogen) atoms. The number of rotatable bonds is 2. The average Bonchev–Trinajstić information content (AvgIpc) is 2.38. The van der Waals surface area contributed by atoms with Gasteiger partial charge in [0, 0.05) is 12.6 Å². The van der Waals surface area contributed by atoms with Crippen LogP contribution in [0.1, 0.15) is 29.3 Å². The van der Waals surface area contributed by atoms with E-state index in [9.17, 15) is 13.2 Å². The van der Waals surface area contributed by atoms with Gasteiger partial charge in [0.1, 0.15) is 0 Å². The van der Waals surface area contributed by atoms with E-state index >= 15 is 0 Å². The molecule has 1 unspecified atom stereocenters. The van der Waals surface area contributed by atoms with Crippen molar-refractivity contribution in [3.05, 3.63) is 29.3 Å². The van der Waals surface area contributed by atoms with Crippen molar-refractivity contribution < 1.29 is 17.9 Å². The van der Waals surface area contributed by atoms with Gasteiger partial charge in [0.15, 0.2) is 0 Å². The molecule has 1 N–H and O–H groups in total. The molecule has 1 atom stereocenters. The highest BCUT2D eigenvalue weighted by Crippen LogP contribution is 2.28. The molecular weight excluding hydrogens is 280 g/mol. The number of aryl methyl sites for hydroxylation is 1. The number of carbonyl (C=O) groups is 1. The average molecular weight is 298 g/mol. The van der Waals surface area contributed by atoms with Crippen molar-refractivity contribution in [1.29, 1.82) is 0 Å². The smallest absolute Gasteiger partial charge is 0.337 e. The summed E-state index contributed by atoms with van der Waals surface area (Å²) in [5, 5.41) is 0. The normalized spacial score (nSPS) is 21.6. The minimum atomic E-state index is -3.52. The first-order chi connectivity index (χ1) is 9.36. The van der Waals surface area contributed by atoms with Crippen LogP contribution >= 0.6 is 0 Å². The number of benzene rings is 1. The molecule has 0 radical (unpaired) electrons.